The summed E-state index contributed by atoms with van der Waals surface area (Å²) in [6.45, 7) is 0. The Balaban J connectivity index is 2.10. The molecule has 0 amide bonds. The molecule has 0 aliphatic heterocycles. The number of fused-ring (bicyclic) bond motifs is 1. The minimum atomic E-state index is -0.345. The fourth-order valence-corrected chi connectivity index (χ4v) is 6.02. The topological polar surface area (TPSA) is 35.1 Å². The molecule has 1 aromatic carbocycles. The molecular formula is C13H8Br3NO2S. The molecule has 0 saturated heterocycles. The van der Waals surface area contributed by atoms with Crippen LogP contribution in [-0.2, 0) is 7.05 Å². The number of halogens is 3. The summed E-state index contributed by atoms with van der Waals surface area (Å²) in [7, 11) is 1.70. The van der Waals surface area contributed by atoms with Crippen LogP contribution in [0.5, 0.6) is 0 Å². The molecule has 1 atom stereocenters. The molecule has 0 fully saturated rings. The zero-order chi connectivity index (χ0) is 14.4. The molecule has 2 heterocycles. The van der Waals surface area contributed by atoms with Crippen LogP contribution in [0.25, 0.3) is 11.1 Å². The van der Waals surface area contributed by atoms with Crippen molar-refractivity contribution in [3.8, 4) is 0 Å². The van der Waals surface area contributed by atoms with Crippen molar-refractivity contribution in [2.75, 3.05) is 0 Å². The minimum absolute atomic E-state index is 0.0364. The van der Waals surface area contributed by atoms with Gasteiger partial charge in [-0.3, -0.25) is 4.57 Å². The highest BCUT2D eigenvalue weighted by molar-refractivity contribution is 9.12. The van der Waals surface area contributed by atoms with Crippen molar-refractivity contribution in [3.63, 3.8) is 0 Å². The van der Waals surface area contributed by atoms with Crippen LogP contribution >= 0.6 is 59.1 Å². The molecule has 7 heteroatoms. The Morgan fingerprint density at radius 3 is 2.70 bits per heavy atom. The molecule has 1 unspecified atom stereocenters. The minimum Gasteiger partial charge on any atom is -0.408 e. The van der Waals surface area contributed by atoms with Gasteiger partial charge in [0, 0.05) is 7.05 Å². The van der Waals surface area contributed by atoms with Crippen LogP contribution in [0, 0.1) is 0 Å². The van der Waals surface area contributed by atoms with Gasteiger partial charge in [0.25, 0.3) is 0 Å². The number of oxazole rings is 1. The second-order valence-corrected chi connectivity index (χ2v) is 8.96. The second-order valence-electron chi connectivity index (χ2n) is 4.30. The van der Waals surface area contributed by atoms with Gasteiger partial charge in [0.2, 0.25) is 0 Å². The lowest BCUT2D eigenvalue weighted by Gasteiger charge is -2.09. The lowest BCUT2D eigenvalue weighted by Crippen LogP contribution is -2.08. The van der Waals surface area contributed by atoms with Crippen molar-refractivity contribution >= 4 is 70.2 Å². The van der Waals surface area contributed by atoms with Gasteiger partial charge in [-0.15, -0.1) is 11.3 Å². The maximum absolute atomic E-state index is 11.5. The van der Waals surface area contributed by atoms with E-state index in [-0.39, 0.29) is 10.6 Å². The Morgan fingerprint density at radius 2 is 2.05 bits per heavy atom. The van der Waals surface area contributed by atoms with E-state index in [1.165, 1.54) is 4.57 Å². The zero-order valence-corrected chi connectivity index (χ0v) is 15.8. The molecule has 0 bridgehead atoms. The highest BCUT2D eigenvalue weighted by Crippen LogP contribution is 2.42. The number of aromatic nitrogens is 1. The van der Waals surface area contributed by atoms with Crippen molar-refractivity contribution in [2.24, 2.45) is 7.05 Å². The third-order valence-electron chi connectivity index (χ3n) is 3.07. The molecule has 3 rings (SSSR count). The van der Waals surface area contributed by atoms with Crippen molar-refractivity contribution in [2.45, 2.75) is 4.83 Å². The number of rotatable bonds is 2. The second kappa shape index (κ2) is 5.44. The first-order chi connectivity index (χ1) is 9.47. The molecule has 3 nitrogen and oxygen atoms in total. The fourth-order valence-electron chi connectivity index (χ4n) is 2.01. The molecule has 0 aliphatic carbocycles. The first kappa shape index (κ1) is 14.6. The van der Waals surface area contributed by atoms with E-state index in [0.29, 0.717) is 5.58 Å². The maximum Gasteiger partial charge on any atom is 0.419 e. The summed E-state index contributed by atoms with van der Waals surface area (Å²) in [5.41, 5.74) is 3.58. The molecule has 0 spiro atoms. The highest BCUT2D eigenvalue weighted by atomic mass is 79.9. The Bertz CT molecular complexity index is 849. The van der Waals surface area contributed by atoms with Crippen molar-refractivity contribution in [1.29, 1.82) is 0 Å². The summed E-state index contributed by atoms with van der Waals surface area (Å²) in [6.07, 6.45) is 0. The Labute approximate surface area is 144 Å². The van der Waals surface area contributed by atoms with Crippen molar-refractivity contribution < 1.29 is 4.42 Å². The summed E-state index contributed by atoms with van der Waals surface area (Å²) in [6, 6.07) is 7.86. The summed E-state index contributed by atoms with van der Waals surface area (Å²) < 4.78 is 8.86. The highest BCUT2D eigenvalue weighted by Gasteiger charge is 2.18. The van der Waals surface area contributed by atoms with Crippen LogP contribution in [0.1, 0.15) is 16.0 Å². The van der Waals surface area contributed by atoms with Gasteiger partial charge in [0.05, 0.1) is 17.9 Å². The Morgan fingerprint density at radius 1 is 1.30 bits per heavy atom. The van der Waals surface area contributed by atoms with Gasteiger partial charge in [0.1, 0.15) is 0 Å². The molecule has 104 valence electrons. The van der Waals surface area contributed by atoms with Gasteiger partial charge in [0.15, 0.2) is 5.58 Å². The Hall–Kier alpha value is -0.370. The number of hydrogen-bond acceptors (Lipinski definition) is 3. The van der Waals surface area contributed by atoms with E-state index in [0.717, 1.165) is 24.2 Å². The van der Waals surface area contributed by atoms with Gasteiger partial charge in [-0.25, -0.2) is 4.79 Å². The summed E-state index contributed by atoms with van der Waals surface area (Å²) >= 11 is 12.4. The number of thiophene rings is 1. The quantitative estimate of drug-likeness (QED) is 0.471. The molecule has 0 aliphatic rings. The van der Waals surface area contributed by atoms with Crippen LogP contribution in [0.15, 0.2) is 41.0 Å². The van der Waals surface area contributed by atoms with E-state index in [1.54, 1.807) is 18.4 Å². The number of aryl methyl sites for hydroxylation is 1. The van der Waals surface area contributed by atoms with Crippen LogP contribution in [0.2, 0.25) is 0 Å². The zero-order valence-electron chi connectivity index (χ0n) is 10.2. The van der Waals surface area contributed by atoms with Gasteiger partial charge >= 0.3 is 5.76 Å². The average molecular weight is 482 g/mol. The molecule has 0 radical (unpaired) electrons. The lowest BCUT2D eigenvalue weighted by atomic mass is 10.1. The summed E-state index contributed by atoms with van der Waals surface area (Å²) in [5, 5.41) is 0. The monoisotopic (exact) mass is 479 g/mol. The normalized spacial score (nSPS) is 13.0. The van der Waals surface area contributed by atoms with E-state index in [1.807, 2.05) is 18.2 Å². The fraction of sp³-hybridized carbons (Fsp3) is 0.154. The van der Waals surface area contributed by atoms with Gasteiger partial charge < -0.3 is 4.42 Å². The van der Waals surface area contributed by atoms with Crippen LogP contribution in [0.4, 0.5) is 0 Å². The third-order valence-corrected chi connectivity index (χ3v) is 6.47. The number of benzene rings is 1. The largest absolute Gasteiger partial charge is 0.419 e. The number of hydrogen-bond donors (Lipinski definition) is 0. The predicted octanol–water partition coefficient (Wildman–Crippen LogP) is 5.20. The molecule has 3 aromatic rings. The Kier molecular flexibility index (Phi) is 3.96. The number of nitrogens with zero attached hydrogens (tertiary/aromatic N) is 1. The van der Waals surface area contributed by atoms with Crippen LogP contribution in [0.3, 0.4) is 0 Å². The summed E-state index contributed by atoms with van der Waals surface area (Å²) in [4.78, 5) is 11.6. The van der Waals surface area contributed by atoms with E-state index >= 15 is 0 Å². The van der Waals surface area contributed by atoms with Gasteiger partial charge in [-0.2, -0.15) is 0 Å². The van der Waals surface area contributed by atoms with Crippen LogP contribution in [-0.4, -0.2) is 4.57 Å². The van der Waals surface area contributed by atoms with E-state index < -0.39 is 0 Å². The van der Waals surface area contributed by atoms with Crippen molar-refractivity contribution in [1.82, 2.24) is 4.57 Å². The first-order valence-corrected chi connectivity index (χ1v) is 8.97. The molecule has 2 aromatic heterocycles. The van der Waals surface area contributed by atoms with E-state index in [9.17, 15) is 4.79 Å². The molecular weight excluding hydrogens is 474 g/mol. The molecule has 20 heavy (non-hydrogen) atoms. The smallest absolute Gasteiger partial charge is 0.408 e. The molecule has 0 saturated carbocycles. The summed E-state index contributed by atoms with van der Waals surface area (Å²) in [5.74, 6) is -0.345. The van der Waals surface area contributed by atoms with Crippen molar-refractivity contribution in [3.05, 3.63) is 53.5 Å². The van der Waals surface area contributed by atoms with Gasteiger partial charge in [-0.05, 0) is 61.2 Å². The standard InChI is InChI=1S/C13H8Br3NO2S/c1-17-8-3-2-6(4-9(8)19-13(17)18)11(15)7-5-10(14)20-12(7)16/h2-5,11H,1H3. The lowest BCUT2D eigenvalue weighted by molar-refractivity contribution is 0.528. The van der Waals surface area contributed by atoms with Crippen LogP contribution < -0.4 is 5.76 Å². The van der Waals surface area contributed by atoms with E-state index in [4.69, 9.17) is 4.42 Å². The third kappa shape index (κ3) is 2.45. The van der Waals surface area contributed by atoms with Gasteiger partial charge in [-0.1, -0.05) is 22.0 Å². The SMILES string of the molecule is Cn1c(=O)oc2cc(C(Br)c3cc(Br)sc3Br)ccc21. The average Bonchev–Trinajstić information content (AvgIpc) is 2.89. The predicted molar refractivity (Wildman–Crippen MR) is 91.9 cm³/mol. The van der Waals surface area contributed by atoms with E-state index in [2.05, 4.69) is 53.9 Å². The number of alkyl halides is 1. The first-order valence-electron chi connectivity index (χ1n) is 5.65. The maximum atomic E-state index is 11.5. The molecule has 0 N–H and O–H groups in total.